The van der Waals surface area contributed by atoms with Gasteiger partial charge in [0.2, 0.25) is 5.91 Å². The van der Waals surface area contributed by atoms with Gasteiger partial charge in [-0.2, -0.15) is 0 Å². The fourth-order valence-corrected chi connectivity index (χ4v) is 3.27. The van der Waals surface area contributed by atoms with Gasteiger partial charge in [-0.1, -0.05) is 30.3 Å². The molecule has 0 spiro atoms. The van der Waals surface area contributed by atoms with Gasteiger partial charge in [-0.15, -0.1) is 0 Å². The summed E-state index contributed by atoms with van der Waals surface area (Å²) in [6.45, 7) is 2.76. The highest BCUT2D eigenvalue weighted by molar-refractivity contribution is 6.08. The van der Waals surface area contributed by atoms with Crippen molar-refractivity contribution in [2.45, 2.75) is 26.0 Å². The summed E-state index contributed by atoms with van der Waals surface area (Å²) in [6.07, 6.45) is 0.588. The van der Waals surface area contributed by atoms with Crippen LogP contribution in [0.5, 0.6) is 5.75 Å². The lowest BCUT2D eigenvalue weighted by Crippen LogP contribution is -2.40. The van der Waals surface area contributed by atoms with Crippen molar-refractivity contribution < 1.29 is 18.7 Å². The number of carbonyl (C=O) groups is 2. The Morgan fingerprint density at radius 2 is 2.07 bits per heavy atom. The molecule has 0 bridgehead atoms. The molecule has 1 unspecified atom stereocenters. The molecule has 6 nitrogen and oxygen atoms in total. The summed E-state index contributed by atoms with van der Waals surface area (Å²) in [5, 5.41) is 6.18. The monoisotopic (exact) mass is 364 g/mol. The second-order valence-corrected chi connectivity index (χ2v) is 6.57. The molecular formula is C21H20N2O4. The fraction of sp³-hybridized carbons (Fsp3) is 0.238. The van der Waals surface area contributed by atoms with Crippen LogP contribution in [0, 0.1) is 6.92 Å². The zero-order chi connectivity index (χ0) is 18.8. The number of carbonyl (C=O) groups excluding carboxylic acids is 2. The third-order valence-corrected chi connectivity index (χ3v) is 4.66. The van der Waals surface area contributed by atoms with Crippen LogP contribution >= 0.6 is 0 Å². The molecule has 138 valence electrons. The maximum Gasteiger partial charge on any atom is 0.256 e. The highest BCUT2D eigenvalue weighted by Gasteiger charge is 2.28. The molecule has 2 N–H and O–H groups in total. The van der Waals surface area contributed by atoms with Crippen LogP contribution in [0.3, 0.4) is 0 Å². The summed E-state index contributed by atoms with van der Waals surface area (Å²) in [6, 6.07) is 14.8. The largest absolute Gasteiger partial charge is 0.489 e. The molecule has 6 heteroatoms. The lowest BCUT2D eigenvalue weighted by Gasteiger charge is -2.10. The average molecular weight is 364 g/mol. The average Bonchev–Trinajstić information content (AvgIpc) is 3.22. The molecule has 2 amide bonds. The number of aryl methyl sites for hydroxylation is 1. The smallest absolute Gasteiger partial charge is 0.256 e. The summed E-state index contributed by atoms with van der Waals surface area (Å²) in [7, 11) is 0. The molecule has 0 radical (unpaired) electrons. The first-order valence-corrected chi connectivity index (χ1v) is 8.90. The van der Waals surface area contributed by atoms with Crippen molar-refractivity contribution in [3.63, 3.8) is 0 Å². The maximum absolute atomic E-state index is 12.7. The number of fused-ring (bicyclic) bond motifs is 1. The van der Waals surface area contributed by atoms with Gasteiger partial charge in [0.15, 0.2) is 0 Å². The van der Waals surface area contributed by atoms with Gasteiger partial charge in [0.1, 0.15) is 29.7 Å². The Kier molecular flexibility index (Phi) is 4.54. The number of nitrogens with one attached hydrogen (secondary N) is 2. The lowest BCUT2D eigenvalue weighted by molar-refractivity contribution is -0.120. The second-order valence-electron chi connectivity index (χ2n) is 6.57. The Morgan fingerprint density at radius 1 is 1.26 bits per heavy atom. The minimum Gasteiger partial charge on any atom is -0.489 e. The zero-order valence-corrected chi connectivity index (χ0v) is 15.0. The SMILES string of the molecule is Cc1oc2ccc(OCc3ccccc3)cc2c1C(=O)NC1CCNC1=O. The normalized spacial score (nSPS) is 16.3. The van der Waals surface area contributed by atoms with E-state index < -0.39 is 6.04 Å². The molecule has 4 rings (SSSR count). The highest BCUT2D eigenvalue weighted by Crippen LogP contribution is 2.29. The van der Waals surface area contributed by atoms with Crippen LogP contribution in [-0.2, 0) is 11.4 Å². The summed E-state index contributed by atoms with van der Waals surface area (Å²) in [5.41, 5.74) is 2.11. The Hall–Kier alpha value is -3.28. The van der Waals surface area contributed by atoms with E-state index in [2.05, 4.69) is 10.6 Å². The van der Waals surface area contributed by atoms with Gasteiger partial charge in [0.05, 0.1) is 5.56 Å². The summed E-state index contributed by atoms with van der Waals surface area (Å²) in [4.78, 5) is 24.5. The van der Waals surface area contributed by atoms with Crippen LogP contribution in [-0.4, -0.2) is 24.4 Å². The van der Waals surface area contributed by atoms with Gasteiger partial charge < -0.3 is 19.8 Å². The Labute approximate surface area is 156 Å². The van der Waals surface area contributed by atoms with Crippen molar-refractivity contribution in [2.75, 3.05) is 6.54 Å². The molecule has 1 aliphatic rings. The van der Waals surface area contributed by atoms with Crippen LogP contribution < -0.4 is 15.4 Å². The Balaban J connectivity index is 1.57. The van der Waals surface area contributed by atoms with E-state index in [0.717, 1.165) is 5.56 Å². The van der Waals surface area contributed by atoms with Crippen LogP contribution in [0.15, 0.2) is 52.9 Å². The van der Waals surface area contributed by atoms with Gasteiger partial charge in [-0.25, -0.2) is 0 Å². The van der Waals surface area contributed by atoms with Gasteiger partial charge in [0.25, 0.3) is 5.91 Å². The predicted molar refractivity (Wildman–Crippen MR) is 101 cm³/mol. The van der Waals surface area contributed by atoms with Gasteiger partial charge in [-0.3, -0.25) is 9.59 Å². The minimum atomic E-state index is -0.501. The zero-order valence-electron chi connectivity index (χ0n) is 15.0. The van der Waals surface area contributed by atoms with Crippen LogP contribution in [0.1, 0.15) is 28.1 Å². The number of hydrogen-bond donors (Lipinski definition) is 2. The third kappa shape index (κ3) is 3.51. The third-order valence-electron chi connectivity index (χ3n) is 4.66. The molecule has 1 atom stereocenters. The van der Waals surface area contributed by atoms with Crippen molar-refractivity contribution in [1.82, 2.24) is 10.6 Å². The minimum absolute atomic E-state index is 0.152. The van der Waals surface area contributed by atoms with E-state index in [1.165, 1.54) is 0 Å². The molecule has 1 fully saturated rings. The van der Waals surface area contributed by atoms with Crippen molar-refractivity contribution in [3.05, 3.63) is 65.4 Å². The molecular weight excluding hydrogens is 344 g/mol. The van der Waals surface area contributed by atoms with Crippen LogP contribution in [0.25, 0.3) is 11.0 Å². The van der Waals surface area contributed by atoms with Crippen LogP contribution in [0.2, 0.25) is 0 Å². The topological polar surface area (TPSA) is 80.6 Å². The molecule has 0 aliphatic carbocycles. The quantitative estimate of drug-likeness (QED) is 0.729. The first-order valence-electron chi connectivity index (χ1n) is 8.90. The van der Waals surface area contributed by atoms with E-state index in [-0.39, 0.29) is 11.8 Å². The Bertz CT molecular complexity index is 994. The van der Waals surface area contributed by atoms with Crippen molar-refractivity contribution in [3.8, 4) is 5.75 Å². The van der Waals surface area contributed by atoms with Crippen molar-refractivity contribution in [1.29, 1.82) is 0 Å². The van der Waals surface area contributed by atoms with Crippen molar-refractivity contribution in [2.24, 2.45) is 0 Å². The van der Waals surface area contributed by atoms with Crippen molar-refractivity contribution >= 4 is 22.8 Å². The first-order chi connectivity index (χ1) is 13.1. The van der Waals surface area contributed by atoms with Gasteiger partial charge in [-0.05, 0) is 37.1 Å². The summed E-state index contributed by atoms with van der Waals surface area (Å²) < 4.78 is 11.6. The van der Waals surface area contributed by atoms with Crippen LogP contribution in [0.4, 0.5) is 0 Å². The Morgan fingerprint density at radius 3 is 2.81 bits per heavy atom. The molecule has 27 heavy (non-hydrogen) atoms. The number of hydrogen-bond acceptors (Lipinski definition) is 4. The summed E-state index contributed by atoms with van der Waals surface area (Å²) in [5.74, 6) is 0.704. The first kappa shape index (κ1) is 17.1. The second kappa shape index (κ2) is 7.15. The van der Waals surface area contributed by atoms with E-state index in [9.17, 15) is 9.59 Å². The molecule has 0 saturated carbocycles. The molecule has 1 saturated heterocycles. The fourth-order valence-electron chi connectivity index (χ4n) is 3.27. The number of benzene rings is 2. The molecule has 2 heterocycles. The van der Waals surface area contributed by atoms with Gasteiger partial charge >= 0.3 is 0 Å². The van der Waals surface area contributed by atoms with Gasteiger partial charge in [0, 0.05) is 11.9 Å². The highest BCUT2D eigenvalue weighted by atomic mass is 16.5. The number of amides is 2. The number of ether oxygens (including phenoxy) is 1. The molecule has 3 aromatic rings. The maximum atomic E-state index is 12.7. The molecule has 1 aromatic heterocycles. The van der Waals surface area contributed by atoms with E-state index >= 15 is 0 Å². The predicted octanol–water partition coefficient (Wildman–Crippen LogP) is 2.94. The van der Waals surface area contributed by atoms with E-state index in [0.29, 0.717) is 47.6 Å². The summed E-state index contributed by atoms with van der Waals surface area (Å²) >= 11 is 0. The lowest BCUT2D eigenvalue weighted by atomic mass is 10.1. The van der Waals surface area contributed by atoms with E-state index in [1.807, 2.05) is 36.4 Å². The van der Waals surface area contributed by atoms with E-state index in [1.54, 1.807) is 19.1 Å². The number of furan rings is 1. The standard InChI is InChI=1S/C21H20N2O4/c1-13-19(21(25)23-17-9-10-22-20(17)24)16-11-15(7-8-18(16)27-13)26-12-14-5-3-2-4-6-14/h2-8,11,17H,9-10,12H2,1H3,(H,22,24)(H,23,25). The number of rotatable bonds is 5. The molecule has 1 aliphatic heterocycles. The molecule has 2 aromatic carbocycles. The van der Waals surface area contributed by atoms with E-state index in [4.69, 9.17) is 9.15 Å².